The third kappa shape index (κ3) is 3.54. The second-order valence-corrected chi connectivity index (χ2v) is 9.20. The summed E-state index contributed by atoms with van der Waals surface area (Å²) in [6.07, 6.45) is 0. The number of Topliss-reactive ketones (excluding diaryl/α,β-unsaturated/α-hetero) is 1. The first-order valence-corrected chi connectivity index (χ1v) is 11.6. The molecule has 2 aromatic heterocycles. The number of ketones is 1. The van der Waals surface area contributed by atoms with Gasteiger partial charge in [0.25, 0.3) is 5.91 Å². The van der Waals surface area contributed by atoms with Gasteiger partial charge in [-0.25, -0.2) is 4.98 Å². The van der Waals surface area contributed by atoms with Gasteiger partial charge in [0.05, 0.1) is 16.1 Å². The van der Waals surface area contributed by atoms with Gasteiger partial charge in [0.2, 0.25) is 5.78 Å². The van der Waals surface area contributed by atoms with E-state index in [1.807, 2.05) is 55.5 Å². The molecule has 1 unspecified atom stereocenters. The van der Waals surface area contributed by atoms with Gasteiger partial charge in [-0.05, 0) is 44.5 Å². The number of para-hydroxylation sites is 1. The number of amides is 1. The van der Waals surface area contributed by atoms with Crippen LogP contribution in [0.2, 0.25) is 0 Å². The van der Waals surface area contributed by atoms with E-state index in [2.05, 4.69) is 4.98 Å². The summed E-state index contributed by atoms with van der Waals surface area (Å²) in [4.78, 5) is 33.6. The number of aromatic nitrogens is 1. The maximum Gasteiger partial charge on any atom is 0.294 e. The number of anilines is 1. The quantitative estimate of drug-likeness (QED) is 0.356. The van der Waals surface area contributed by atoms with Gasteiger partial charge < -0.3 is 9.52 Å². The number of aliphatic hydroxyl groups excluding tert-OH is 1. The first-order valence-electron chi connectivity index (χ1n) is 10.8. The van der Waals surface area contributed by atoms with E-state index in [1.165, 1.54) is 16.2 Å². The number of carbonyl (C=O) groups excluding carboxylic acids is 2. The largest absolute Gasteiger partial charge is 0.503 e. The molecule has 170 valence electrons. The van der Waals surface area contributed by atoms with E-state index in [0.29, 0.717) is 32.8 Å². The normalized spacial score (nSPS) is 15.9. The van der Waals surface area contributed by atoms with Crippen LogP contribution in [0.5, 0.6) is 0 Å². The van der Waals surface area contributed by atoms with Crippen molar-refractivity contribution in [3.63, 3.8) is 0 Å². The van der Waals surface area contributed by atoms with Crippen LogP contribution in [0.3, 0.4) is 0 Å². The lowest BCUT2D eigenvalue weighted by atomic mass is 9.99. The molecule has 5 rings (SSSR count). The lowest BCUT2D eigenvalue weighted by Gasteiger charge is -2.26. The van der Waals surface area contributed by atoms with Gasteiger partial charge in [-0.2, -0.15) is 0 Å². The Morgan fingerprint density at radius 1 is 1.00 bits per heavy atom. The van der Waals surface area contributed by atoms with Crippen LogP contribution in [0.25, 0.3) is 10.6 Å². The number of aryl methyl sites for hydroxylation is 3. The highest BCUT2D eigenvalue weighted by molar-refractivity contribution is 7.17. The van der Waals surface area contributed by atoms with Gasteiger partial charge in [-0.15, -0.1) is 11.3 Å². The number of thiazole rings is 1. The minimum Gasteiger partial charge on any atom is -0.503 e. The molecule has 0 radical (unpaired) electrons. The summed E-state index contributed by atoms with van der Waals surface area (Å²) < 4.78 is 5.87. The first kappa shape index (κ1) is 21.9. The van der Waals surface area contributed by atoms with E-state index >= 15 is 0 Å². The molecule has 7 heteroatoms. The number of hydrogen-bond donors (Lipinski definition) is 1. The molecule has 1 aliphatic heterocycles. The average Bonchev–Trinajstić information content (AvgIpc) is 3.51. The summed E-state index contributed by atoms with van der Waals surface area (Å²) in [5.74, 6) is -0.584. The fraction of sp³-hybridized carbons (Fsp3) is 0.148. The summed E-state index contributed by atoms with van der Waals surface area (Å²) in [6, 6.07) is 19.6. The predicted octanol–water partition coefficient (Wildman–Crippen LogP) is 6.11. The fourth-order valence-electron chi connectivity index (χ4n) is 4.22. The van der Waals surface area contributed by atoms with Crippen LogP contribution >= 0.6 is 11.3 Å². The third-order valence-corrected chi connectivity index (χ3v) is 7.09. The summed E-state index contributed by atoms with van der Waals surface area (Å²) in [5, 5.41) is 11.7. The third-order valence-electron chi connectivity index (χ3n) is 5.88. The topological polar surface area (TPSA) is 83.6 Å². The molecule has 2 aromatic carbocycles. The van der Waals surface area contributed by atoms with Crippen LogP contribution in [-0.2, 0) is 4.79 Å². The van der Waals surface area contributed by atoms with Gasteiger partial charge in [-0.3, -0.25) is 14.5 Å². The maximum atomic E-state index is 13.9. The molecule has 0 spiro atoms. The molecule has 3 heterocycles. The van der Waals surface area contributed by atoms with Crippen molar-refractivity contribution < 1.29 is 19.1 Å². The van der Waals surface area contributed by atoms with Crippen LogP contribution < -0.4 is 4.90 Å². The number of hydrogen-bond acceptors (Lipinski definition) is 6. The zero-order valence-corrected chi connectivity index (χ0v) is 19.7. The van der Waals surface area contributed by atoms with E-state index in [-0.39, 0.29) is 5.57 Å². The molecule has 1 amide bonds. The van der Waals surface area contributed by atoms with E-state index in [9.17, 15) is 14.7 Å². The molecule has 0 aliphatic carbocycles. The number of furan rings is 1. The zero-order chi connectivity index (χ0) is 24.0. The van der Waals surface area contributed by atoms with Gasteiger partial charge in [-0.1, -0.05) is 48.5 Å². The molecule has 1 aliphatic rings. The summed E-state index contributed by atoms with van der Waals surface area (Å²) in [7, 11) is 0. The highest BCUT2D eigenvalue weighted by Crippen LogP contribution is 2.44. The van der Waals surface area contributed by atoms with E-state index in [0.717, 1.165) is 11.1 Å². The first-order chi connectivity index (χ1) is 16.4. The second kappa shape index (κ2) is 8.43. The highest BCUT2D eigenvalue weighted by Gasteiger charge is 2.47. The minimum atomic E-state index is -0.892. The minimum absolute atomic E-state index is 0.00559. The number of rotatable bonds is 5. The highest BCUT2D eigenvalue weighted by atomic mass is 32.1. The van der Waals surface area contributed by atoms with Gasteiger partial charge in [0.15, 0.2) is 5.76 Å². The lowest BCUT2D eigenvalue weighted by Crippen LogP contribution is -2.31. The molecule has 4 aromatic rings. The molecular weight excluding hydrogens is 448 g/mol. The number of nitrogens with zero attached hydrogens (tertiary/aromatic N) is 2. The molecule has 0 saturated heterocycles. The Labute approximate surface area is 200 Å². The number of benzene rings is 2. The molecular formula is C27H22N2O4S. The Bertz CT molecular complexity index is 1450. The summed E-state index contributed by atoms with van der Waals surface area (Å²) >= 11 is 1.25. The van der Waals surface area contributed by atoms with Crippen molar-refractivity contribution in [3.05, 3.63) is 106 Å². The smallest absolute Gasteiger partial charge is 0.294 e. The summed E-state index contributed by atoms with van der Waals surface area (Å²) in [6.45, 7) is 5.43. The van der Waals surface area contributed by atoms with Crippen LogP contribution in [-0.4, -0.2) is 21.8 Å². The van der Waals surface area contributed by atoms with Crippen molar-refractivity contribution in [2.45, 2.75) is 26.8 Å². The molecule has 34 heavy (non-hydrogen) atoms. The average molecular weight is 471 g/mol. The van der Waals surface area contributed by atoms with Crippen molar-refractivity contribution in [1.29, 1.82) is 0 Å². The SMILES string of the molecule is Cc1ccc(C2C(C(=O)c3sc(-c4ccccc4)nc3C)=C(O)C(=O)N2c2ccccc2C)o1. The monoisotopic (exact) mass is 470 g/mol. The molecule has 6 nitrogen and oxygen atoms in total. The van der Waals surface area contributed by atoms with E-state index in [4.69, 9.17) is 4.42 Å². The molecule has 1 atom stereocenters. The van der Waals surface area contributed by atoms with Crippen molar-refractivity contribution in [2.75, 3.05) is 4.90 Å². The fourth-order valence-corrected chi connectivity index (χ4v) is 5.25. The van der Waals surface area contributed by atoms with Gasteiger partial charge >= 0.3 is 0 Å². The van der Waals surface area contributed by atoms with Crippen molar-refractivity contribution in [3.8, 4) is 10.6 Å². The van der Waals surface area contributed by atoms with Gasteiger partial charge in [0.1, 0.15) is 22.6 Å². The standard InChI is InChI=1S/C27H22N2O4S/c1-15-9-7-8-12-19(15)29-22(20-14-13-16(2)33-20)21(24(31)27(29)32)23(30)25-17(3)28-26(34-25)18-10-5-4-6-11-18/h4-14,22,31H,1-3H3. The maximum absolute atomic E-state index is 13.9. The molecule has 0 fully saturated rings. The molecule has 1 N–H and O–H groups in total. The van der Waals surface area contributed by atoms with Crippen molar-refractivity contribution in [2.24, 2.45) is 0 Å². The van der Waals surface area contributed by atoms with Crippen molar-refractivity contribution >= 4 is 28.7 Å². The predicted molar refractivity (Wildman–Crippen MR) is 131 cm³/mol. The Morgan fingerprint density at radius 2 is 1.71 bits per heavy atom. The Morgan fingerprint density at radius 3 is 2.38 bits per heavy atom. The Hall–Kier alpha value is -3.97. The van der Waals surface area contributed by atoms with Crippen molar-refractivity contribution in [1.82, 2.24) is 4.98 Å². The summed E-state index contributed by atoms with van der Waals surface area (Å²) in [5.41, 5.74) is 2.88. The van der Waals surface area contributed by atoms with Crippen LogP contribution in [0.4, 0.5) is 5.69 Å². The van der Waals surface area contributed by atoms with E-state index in [1.54, 1.807) is 32.0 Å². The van der Waals surface area contributed by atoms with Crippen LogP contribution in [0, 0.1) is 20.8 Å². The van der Waals surface area contributed by atoms with Crippen LogP contribution in [0.15, 0.2) is 82.5 Å². The Kier molecular flexibility index (Phi) is 5.42. The number of aliphatic hydroxyl groups is 1. The zero-order valence-electron chi connectivity index (χ0n) is 18.9. The second-order valence-electron chi connectivity index (χ2n) is 8.20. The van der Waals surface area contributed by atoms with E-state index < -0.39 is 23.5 Å². The molecule has 0 saturated carbocycles. The van der Waals surface area contributed by atoms with Crippen LogP contribution in [0.1, 0.15) is 38.5 Å². The van der Waals surface area contributed by atoms with Gasteiger partial charge in [0, 0.05) is 11.3 Å². The lowest BCUT2D eigenvalue weighted by molar-refractivity contribution is -0.117. The molecule has 0 bridgehead atoms. The number of carbonyl (C=O) groups is 2. The Balaban J connectivity index is 1.64.